The SMILES string of the molecule is CC1(O)CCCN(C(=O)Nc2cccc(C(F)(F)F)c2)C1. The highest BCUT2D eigenvalue weighted by atomic mass is 19.4. The van der Waals surface area contributed by atoms with Gasteiger partial charge in [-0.25, -0.2) is 4.79 Å². The number of aliphatic hydroxyl groups is 1. The number of nitrogens with zero attached hydrogens (tertiary/aromatic N) is 1. The Morgan fingerprint density at radius 2 is 2.14 bits per heavy atom. The normalized spacial score (nSPS) is 23.0. The van der Waals surface area contributed by atoms with Crippen LogP contribution in [0.4, 0.5) is 23.7 Å². The molecule has 1 unspecified atom stereocenters. The van der Waals surface area contributed by atoms with Crippen LogP contribution in [-0.4, -0.2) is 34.7 Å². The molecule has 21 heavy (non-hydrogen) atoms. The Balaban J connectivity index is 2.06. The fourth-order valence-corrected chi connectivity index (χ4v) is 2.37. The first-order chi connectivity index (χ1) is 9.67. The number of rotatable bonds is 1. The molecule has 1 heterocycles. The predicted octanol–water partition coefficient (Wildman–Crippen LogP) is 3.08. The minimum atomic E-state index is -4.45. The molecule has 1 aromatic rings. The zero-order valence-corrected chi connectivity index (χ0v) is 11.6. The number of benzene rings is 1. The third-order valence-corrected chi connectivity index (χ3v) is 3.40. The van der Waals surface area contributed by atoms with E-state index in [1.165, 1.54) is 17.0 Å². The number of piperidine rings is 1. The Labute approximate surface area is 120 Å². The smallest absolute Gasteiger partial charge is 0.388 e. The minimum absolute atomic E-state index is 0.0834. The van der Waals surface area contributed by atoms with Crippen LogP contribution in [0.2, 0.25) is 0 Å². The average molecular weight is 302 g/mol. The Bertz CT molecular complexity index is 529. The predicted molar refractivity (Wildman–Crippen MR) is 71.9 cm³/mol. The largest absolute Gasteiger partial charge is 0.416 e. The van der Waals surface area contributed by atoms with E-state index in [1.54, 1.807) is 6.92 Å². The van der Waals surface area contributed by atoms with Crippen molar-refractivity contribution in [3.05, 3.63) is 29.8 Å². The molecule has 0 bridgehead atoms. The molecule has 1 aromatic carbocycles. The molecular formula is C14H17F3N2O2. The van der Waals surface area contributed by atoms with E-state index in [9.17, 15) is 23.1 Å². The number of amides is 2. The summed E-state index contributed by atoms with van der Waals surface area (Å²) < 4.78 is 37.8. The molecule has 7 heteroatoms. The maximum Gasteiger partial charge on any atom is 0.416 e. The number of anilines is 1. The standard InChI is InChI=1S/C14H17F3N2O2/c1-13(21)6-3-7-19(9-13)12(20)18-11-5-2-4-10(8-11)14(15,16)17/h2,4-5,8,21H,3,6-7,9H2,1H3,(H,18,20). The first-order valence-corrected chi connectivity index (χ1v) is 6.63. The molecule has 0 radical (unpaired) electrons. The fourth-order valence-electron chi connectivity index (χ4n) is 2.37. The van der Waals surface area contributed by atoms with Gasteiger partial charge in [0.25, 0.3) is 0 Å². The van der Waals surface area contributed by atoms with Gasteiger partial charge in [-0.05, 0) is 38.0 Å². The first-order valence-electron chi connectivity index (χ1n) is 6.63. The topological polar surface area (TPSA) is 52.6 Å². The van der Waals surface area contributed by atoms with Gasteiger partial charge < -0.3 is 15.3 Å². The van der Waals surface area contributed by atoms with E-state index < -0.39 is 23.4 Å². The summed E-state index contributed by atoms with van der Waals surface area (Å²) in [4.78, 5) is 13.4. The summed E-state index contributed by atoms with van der Waals surface area (Å²) in [6.07, 6.45) is -3.20. The van der Waals surface area contributed by atoms with Crippen LogP contribution < -0.4 is 5.32 Å². The molecule has 1 atom stereocenters. The van der Waals surface area contributed by atoms with Crippen LogP contribution in [0.1, 0.15) is 25.3 Å². The molecular weight excluding hydrogens is 285 g/mol. The second-order valence-electron chi connectivity index (χ2n) is 5.53. The monoisotopic (exact) mass is 302 g/mol. The molecule has 2 amide bonds. The van der Waals surface area contributed by atoms with Crippen LogP contribution in [-0.2, 0) is 6.18 Å². The number of likely N-dealkylation sites (tertiary alicyclic amines) is 1. The quantitative estimate of drug-likeness (QED) is 0.837. The third-order valence-electron chi connectivity index (χ3n) is 3.40. The van der Waals surface area contributed by atoms with E-state index in [0.29, 0.717) is 19.4 Å². The second kappa shape index (κ2) is 5.55. The molecule has 0 aliphatic carbocycles. The molecule has 0 saturated carbocycles. The fraction of sp³-hybridized carbons (Fsp3) is 0.500. The molecule has 1 aliphatic rings. The number of alkyl halides is 3. The molecule has 0 spiro atoms. The molecule has 116 valence electrons. The van der Waals surface area contributed by atoms with Gasteiger partial charge in [0.2, 0.25) is 0 Å². The lowest BCUT2D eigenvalue weighted by molar-refractivity contribution is -0.137. The summed E-state index contributed by atoms with van der Waals surface area (Å²) >= 11 is 0. The maximum absolute atomic E-state index is 12.6. The Hall–Kier alpha value is -1.76. The number of urea groups is 1. The second-order valence-corrected chi connectivity index (χ2v) is 5.53. The number of halogens is 3. The van der Waals surface area contributed by atoms with Crippen LogP contribution in [0.15, 0.2) is 24.3 Å². The van der Waals surface area contributed by atoms with E-state index >= 15 is 0 Å². The van der Waals surface area contributed by atoms with Gasteiger partial charge >= 0.3 is 12.2 Å². The Kier molecular flexibility index (Phi) is 4.13. The highest BCUT2D eigenvalue weighted by molar-refractivity contribution is 5.89. The number of hydrogen-bond acceptors (Lipinski definition) is 2. The van der Waals surface area contributed by atoms with Crippen molar-refractivity contribution in [1.29, 1.82) is 0 Å². The number of β-amino-alcohol motifs (C(OH)–C–C–N with tert-alkyl or cyclic N) is 1. The zero-order valence-electron chi connectivity index (χ0n) is 11.6. The highest BCUT2D eigenvalue weighted by Crippen LogP contribution is 2.30. The summed E-state index contributed by atoms with van der Waals surface area (Å²) in [5.41, 5.74) is -1.69. The van der Waals surface area contributed by atoms with Gasteiger partial charge in [-0.15, -0.1) is 0 Å². The van der Waals surface area contributed by atoms with Crippen LogP contribution >= 0.6 is 0 Å². The molecule has 0 aromatic heterocycles. The highest BCUT2D eigenvalue weighted by Gasteiger charge is 2.32. The van der Waals surface area contributed by atoms with E-state index in [2.05, 4.69) is 5.32 Å². The molecule has 1 fully saturated rings. The van der Waals surface area contributed by atoms with Crippen molar-refractivity contribution >= 4 is 11.7 Å². The zero-order chi connectivity index (χ0) is 15.7. The summed E-state index contributed by atoms with van der Waals surface area (Å²) in [5.74, 6) is 0. The van der Waals surface area contributed by atoms with Gasteiger partial charge in [0.15, 0.2) is 0 Å². The van der Waals surface area contributed by atoms with E-state index in [-0.39, 0.29) is 12.2 Å². The molecule has 1 saturated heterocycles. The van der Waals surface area contributed by atoms with Gasteiger partial charge in [-0.1, -0.05) is 6.07 Å². The van der Waals surface area contributed by atoms with Gasteiger partial charge in [0.05, 0.1) is 17.7 Å². The van der Waals surface area contributed by atoms with Crippen molar-refractivity contribution in [2.75, 3.05) is 18.4 Å². The summed E-state index contributed by atoms with van der Waals surface area (Å²) in [6.45, 7) is 2.27. The lowest BCUT2D eigenvalue weighted by Gasteiger charge is -2.36. The van der Waals surface area contributed by atoms with Crippen LogP contribution in [0, 0.1) is 0 Å². The average Bonchev–Trinajstić information content (AvgIpc) is 2.37. The molecule has 1 aliphatic heterocycles. The van der Waals surface area contributed by atoms with Gasteiger partial charge in [0, 0.05) is 12.2 Å². The lowest BCUT2D eigenvalue weighted by atomic mass is 9.95. The first kappa shape index (κ1) is 15.6. The van der Waals surface area contributed by atoms with Gasteiger partial charge in [0.1, 0.15) is 0 Å². The summed E-state index contributed by atoms with van der Waals surface area (Å²) in [7, 11) is 0. The third kappa shape index (κ3) is 4.10. The summed E-state index contributed by atoms with van der Waals surface area (Å²) in [6, 6.07) is 3.97. The Morgan fingerprint density at radius 3 is 2.76 bits per heavy atom. The summed E-state index contributed by atoms with van der Waals surface area (Å²) in [5, 5.41) is 12.4. The Morgan fingerprint density at radius 1 is 1.43 bits per heavy atom. The lowest BCUT2D eigenvalue weighted by Crippen LogP contribution is -2.49. The van der Waals surface area contributed by atoms with Crippen LogP contribution in [0.5, 0.6) is 0 Å². The van der Waals surface area contributed by atoms with Crippen molar-refractivity contribution in [1.82, 2.24) is 4.90 Å². The molecule has 2 N–H and O–H groups in total. The minimum Gasteiger partial charge on any atom is -0.388 e. The number of carbonyl (C=O) groups excluding carboxylic acids is 1. The van der Waals surface area contributed by atoms with Crippen molar-refractivity contribution in [3.8, 4) is 0 Å². The molecule has 4 nitrogen and oxygen atoms in total. The molecule has 2 rings (SSSR count). The van der Waals surface area contributed by atoms with Crippen molar-refractivity contribution < 1.29 is 23.1 Å². The van der Waals surface area contributed by atoms with Crippen molar-refractivity contribution in [2.24, 2.45) is 0 Å². The maximum atomic E-state index is 12.6. The number of carbonyl (C=O) groups is 1. The van der Waals surface area contributed by atoms with E-state index in [4.69, 9.17) is 0 Å². The van der Waals surface area contributed by atoms with Crippen LogP contribution in [0.3, 0.4) is 0 Å². The van der Waals surface area contributed by atoms with Gasteiger partial charge in [-0.2, -0.15) is 13.2 Å². The van der Waals surface area contributed by atoms with E-state index in [1.807, 2.05) is 0 Å². The number of hydrogen-bond donors (Lipinski definition) is 2. The number of nitrogens with one attached hydrogen (secondary N) is 1. The van der Waals surface area contributed by atoms with Crippen LogP contribution in [0.25, 0.3) is 0 Å². The van der Waals surface area contributed by atoms with Crippen molar-refractivity contribution in [3.63, 3.8) is 0 Å². The van der Waals surface area contributed by atoms with Gasteiger partial charge in [-0.3, -0.25) is 0 Å². The van der Waals surface area contributed by atoms with Crippen molar-refractivity contribution in [2.45, 2.75) is 31.5 Å². The van der Waals surface area contributed by atoms with E-state index in [0.717, 1.165) is 12.1 Å².